The van der Waals surface area contributed by atoms with Gasteiger partial charge < -0.3 is 0 Å². The maximum atomic E-state index is 13.1. The van der Waals surface area contributed by atoms with E-state index in [0.29, 0.717) is 11.1 Å². The smallest absolute Gasteiger partial charge is 0.208 e. The largest absolute Gasteiger partial charge is 0.240 e. The van der Waals surface area contributed by atoms with E-state index in [-0.39, 0.29) is 21.9 Å². The van der Waals surface area contributed by atoms with Gasteiger partial charge in [0.15, 0.2) is 0 Å². The van der Waals surface area contributed by atoms with Crippen molar-refractivity contribution in [2.24, 2.45) is 0 Å². The molecule has 0 aliphatic heterocycles. The van der Waals surface area contributed by atoms with Gasteiger partial charge in [0.2, 0.25) is 20.0 Å². The van der Waals surface area contributed by atoms with Gasteiger partial charge in [-0.05, 0) is 72.2 Å². The van der Waals surface area contributed by atoms with Gasteiger partial charge in [-0.25, -0.2) is 26.3 Å². The van der Waals surface area contributed by atoms with Crippen LogP contribution in [-0.4, -0.2) is 28.9 Å². The van der Waals surface area contributed by atoms with Crippen molar-refractivity contribution in [2.75, 3.05) is 0 Å². The van der Waals surface area contributed by atoms with Crippen molar-refractivity contribution in [3.63, 3.8) is 0 Å². The van der Waals surface area contributed by atoms with Gasteiger partial charge in [0.1, 0.15) is 0 Å². The van der Waals surface area contributed by atoms with Crippen LogP contribution >= 0.6 is 0 Å². The maximum absolute atomic E-state index is 13.1. The van der Waals surface area contributed by atoms with E-state index in [0.717, 1.165) is 75.3 Å². The standard InChI is InChI=1S/C26H31N3O4S2/c27-17-26-24-15-20(34(30,31)28-18-7-3-1-4-8-18)11-13-22(24)23-14-12-21(16-25(23)26)35(32,33)29-19-9-5-2-6-10-19/h11-16,18-19,26,28-29H,1-10H2. The Labute approximate surface area is 208 Å². The molecule has 2 saturated carbocycles. The highest BCUT2D eigenvalue weighted by Gasteiger charge is 2.33. The Balaban J connectivity index is 1.43. The van der Waals surface area contributed by atoms with Crippen LogP contribution < -0.4 is 9.44 Å². The first-order valence-corrected chi connectivity index (χ1v) is 15.5. The van der Waals surface area contributed by atoms with E-state index in [2.05, 4.69) is 15.5 Å². The molecular weight excluding hydrogens is 482 g/mol. The SMILES string of the molecule is N#CC1c2cc(S(=O)(=O)NC3CCCCC3)ccc2-c2ccc(S(=O)(=O)NC3CCCCC3)cc21. The average Bonchev–Trinajstić information content (AvgIpc) is 3.17. The lowest BCUT2D eigenvalue weighted by atomic mass is 9.96. The van der Waals surface area contributed by atoms with Crippen molar-refractivity contribution in [3.05, 3.63) is 47.5 Å². The lowest BCUT2D eigenvalue weighted by molar-refractivity contribution is 0.412. The fourth-order valence-corrected chi connectivity index (χ4v) is 8.39. The number of rotatable bonds is 6. The van der Waals surface area contributed by atoms with E-state index >= 15 is 0 Å². The second kappa shape index (κ2) is 9.66. The van der Waals surface area contributed by atoms with Crippen molar-refractivity contribution in [3.8, 4) is 17.2 Å². The second-order valence-electron chi connectivity index (χ2n) is 9.97. The Kier molecular flexibility index (Phi) is 6.75. The molecular formula is C26H31N3O4S2. The third-order valence-corrected chi connectivity index (χ3v) is 10.6. The van der Waals surface area contributed by atoms with Crippen molar-refractivity contribution >= 4 is 20.0 Å². The van der Waals surface area contributed by atoms with E-state index in [9.17, 15) is 22.1 Å². The van der Waals surface area contributed by atoms with Crippen LogP contribution in [-0.2, 0) is 20.0 Å². The van der Waals surface area contributed by atoms with Crippen molar-refractivity contribution in [1.29, 1.82) is 5.26 Å². The molecule has 0 atom stereocenters. The number of nitrogens with one attached hydrogen (secondary N) is 2. The third-order valence-electron chi connectivity index (χ3n) is 7.56. The van der Waals surface area contributed by atoms with Gasteiger partial charge in [-0.1, -0.05) is 50.7 Å². The van der Waals surface area contributed by atoms with E-state index in [4.69, 9.17) is 0 Å². The molecule has 3 aliphatic carbocycles. The minimum atomic E-state index is -3.71. The average molecular weight is 514 g/mol. The second-order valence-corrected chi connectivity index (χ2v) is 13.4. The summed E-state index contributed by atoms with van der Waals surface area (Å²) in [5.74, 6) is -0.727. The molecule has 2 aromatic rings. The zero-order chi connectivity index (χ0) is 24.6. The van der Waals surface area contributed by atoms with Crippen molar-refractivity contribution in [2.45, 2.75) is 92.0 Å². The van der Waals surface area contributed by atoms with Gasteiger partial charge in [-0.3, -0.25) is 0 Å². The quantitative estimate of drug-likeness (QED) is 0.588. The normalized spacial score (nSPS) is 19.7. The zero-order valence-electron chi connectivity index (χ0n) is 19.7. The molecule has 2 fully saturated rings. The highest BCUT2D eigenvalue weighted by molar-refractivity contribution is 7.89. The summed E-state index contributed by atoms with van der Waals surface area (Å²) in [7, 11) is -7.43. The Bertz CT molecular complexity index is 1270. The van der Waals surface area contributed by atoms with Crippen molar-refractivity contribution < 1.29 is 16.8 Å². The van der Waals surface area contributed by atoms with Gasteiger partial charge in [0.05, 0.1) is 21.8 Å². The summed E-state index contributed by atoms with van der Waals surface area (Å²) in [6.45, 7) is 0. The molecule has 0 bridgehead atoms. The number of nitrogens with zero attached hydrogens (tertiary/aromatic N) is 1. The number of sulfonamides is 2. The number of benzene rings is 2. The minimum Gasteiger partial charge on any atom is -0.208 e. The van der Waals surface area contributed by atoms with Crippen LogP contribution in [0.5, 0.6) is 0 Å². The van der Waals surface area contributed by atoms with E-state index in [1.807, 2.05) is 0 Å². The molecule has 9 heteroatoms. The number of fused-ring (bicyclic) bond motifs is 3. The van der Waals surface area contributed by atoms with Gasteiger partial charge in [-0.2, -0.15) is 5.26 Å². The fraction of sp³-hybridized carbons (Fsp3) is 0.500. The van der Waals surface area contributed by atoms with Gasteiger partial charge >= 0.3 is 0 Å². The van der Waals surface area contributed by atoms with Crippen LogP contribution in [0.25, 0.3) is 11.1 Å². The molecule has 2 N–H and O–H groups in total. The van der Waals surface area contributed by atoms with Gasteiger partial charge in [-0.15, -0.1) is 0 Å². The molecule has 7 nitrogen and oxygen atoms in total. The Morgan fingerprint density at radius 1 is 0.657 bits per heavy atom. The molecule has 3 aliphatic rings. The highest BCUT2D eigenvalue weighted by Crippen LogP contribution is 2.46. The summed E-state index contributed by atoms with van der Waals surface area (Å²) < 4.78 is 57.9. The van der Waals surface area contributed by atoms with Crippen LogP contribution in [0.4, 0.5) is 0 Å². The van der Waals surface area contributed by atoms with Crippen LogP contribution in [0, 0.1) is 11.3 Å². The molecule has 0 unspecified atom stereocenters. The zero-order valence-corrected chi connectivity index (χ0v) is 21.3. The number of nitriles is 1. The monoisotopic (exact) mass is 513 g/mol. The molecule has 5 rings (SSSR count). The number of hydrogen-bond donors (Lipinski definition) is 2. The third kappa shape index (κ3) is 4.90. The van der Waals surface area contributed by atoms with Crippen LogP contribution in [0.1, 0.15) is 81.3 Å². The van der Waals surface area contributed by atoms with E-state index < -0.39 is 26.0 Å². The van der Waals surface area contributed by atoms with Crippen LogP contribution in [0.15, 0.2) is 46.2 Å². The number of hydrogen-bond acceptors (Lipinski definition) is 5. The minimum absolute atomic E-state index is 0.0598. The molecule has 0 heterocycles. The van der Waals surface area contributed by atoms with E-state index in [1.54, 1.807) is 36.4 Å². The summed E-state index contributed by atoms with van der Waals surface area (Å²) in [5.41, 5.74) is 2.74. The molecule has 35 heavy (non-hydrogen) atoms. The summed E-state index contributed by atoms with van der Waals surface area (Å²) in [5, 5.41) is 9.99. The molecule has 0 amide bonds. The molecule has 0 radical (unpaired) electrons. The predicted octanol–water partition coefficient (Wildman–Crippen LogP) is 4.54. The molecule has 186 valence electrons. The van der Waals surface area contributed by atoms with Gasteiger partial charge in [0.25, 0.3) is 0 Å². The summed E-state index contributed by atoms with van der Waals surface area (Å²) in [6.07, 6.45) is 9.68. The molecule has 0 saturated heterocycles. The van der Waals surface area contributed by atoms with E-state index in [1.165, 1.54) is 0 Å². The van der Waals surface area contributed by atoms with Crippen molar-refractivity contribution in [1.82, 2.24) is 9.44 Å². The Morgan fingerprint density at radius 3 is 1.43 bits per heavy atom. The topological polar surface area (TPSA) is 116 Å². The molecule has 2 aromatic carbocycles. The Morgan fingerprint density at radius 2 is 1.06 bits per heavy atom. The fourth-order valence-electron chi connectivity index (χ4n) is 5.71. The predicted molar refractivity (Wildman–Crippen MR) is 134 cm³/mol. The first-order valence-electron chi connectivity index (χ1n) is 12.5. The summed E-state index contributed by atoms with van der Waals surface area (Å²) in [6, 6.07) is 11.9. The first-order chi connectivity index (χ1) is 16.8. The van der Waals surface area contributed by atoms with Gasteiger partial charge in [0, 0.05) is 12.1 Å². The Hall–Kier alpha value is -2.25. The summed E-state index contributed by atoms with van der Waals surface area (Å²) >= 11 is 0. The molecule has 0 spiro atoms. The molecule has 0 aromatic heterocycles. The lowest BCUT2D eigenvalue weighted by Gasteiger charge is -2.22. The van der Waals surface area contributed by atoms with Crippen LogP contribution in [0.3, 0.4) is 0 Å². The highest BCUT2D eigenvalue weighted by atomic mass is 32.2. The van der Waals surface area contributed by atoms with Crippen LogP contribution in [0.2, 0.25) is 0 Å². The lowest BCUT2D eigenvalue weighted by Crippen LogP contribution is -2.36. The first kappa shape index (κ1) is 24.4. The summed E-state index contributed by atoms with van der Waals surface area (Å²) in [4.78, 5) is 0.281. The maximum Gasteiger partial charge on any atom is 0.240 e.